The summed E-state index contributed by atoms with van der Waals surface area (Å²) in [4.78, 5) is 25.0. The van der Waals surface area contributed by atoms with Gasteiger partial charge in [-0.25, -0.2) is 15.0 Å². The maximum absolute atomic E-state index is 12.2. The molecule has 0 saturated carbocycles. The van der Waals surface area contributed by atoms with E-state index in [4.69, 9.17) is 16.3 Å². The number of hydrogen-bond donors (Lipinski definition) is 1. The molecule has 2 heterocycles. The predicted molar refractivity (Wildman–Crippen MR) is 124 cm³/mol. The summed E-state index contributed by atoms with van der Waals surface area (Å²) in [6.45, 7) is 3.93. The van der Waals surface area contributed by atoms with Crippen LogP contribution in [0.25, 0.3) is 5.82 Å². The van der Waals surface area contributed by atoms with Gasteiger partial charge >= 0.3 is 0 Å². The molecule has 32 heavy (non-hydrogen) atoms. The van der Waals surface area contributed by atoms with Crippen LogP contribution in [-0.4, -0.2) is 25.4 Å². The van der Waals surface area contributed by atoms with Gasteiger partial charge in [0.25, 0.3) is 0 Å². The van der Waals surface area contributed by atoms with Crippen LogP contribution in [0.2, 0.25) is 5.02 Å². The molecule has 7 nitrogen and oxygen atoms in total. The number of nitrogens with one attached hydrogen (secondary N) is 1. The molecular weight excluding hydrogens is 426 g/mol. The zero-order valence-corrected chi connectivity index (χ0v) is 18.5. The Morgan fingerprint density at radius 1 is 1.06 bits per heavy atom. The minimum Gasteiger partial charge on any atom is -0.439 e. The van der Waals surface area contributed by atoms with Gasteiger partial charge in [0.05, 0.1) is 5.69 Å². The molecule has 0 aliphatic carbocycles. The molecular formula is C24H22ClN5O2. The molecule has 0 spiro atoms. The van der Waals surface area contributed by atoms with Gasteiger partial charge in [-0.3, -0.25) is 9.36 Å². The van der Waals surface area contributed by atoms with Gasteiger partial charge in [-0.1, -0.05) is 23.7 Å². The molecule has 4 rings (SSSR count). The Kier molecular flexibility index (Phi) is 6.47. The highest BCUT2D eigenvalue weighted by Gasteiger charge is 2.09. The van der Waals surface area contributed by atoms with Crippen LogP contribution < -0.4 is 10.1 Å². The van der Waals surface area contributed by atoms with E-state index >= 15 is 0 Å². The molecule has 0 fully saturated rings. The van der Waals surface area contributed by atoms with Gasteiger partial charge in [0, 0.05) is 28.9 Å². The largest absolute Gasteiger partial charge is 0.439 e. The van der Waals surface area contributed by atoms with Gasteiger partial charge in [0.1, 0.15) is 24.2 Å². The Hall–Kier alpha value is -3.71. The summed E-state index contributed by atoms with van der Waals surface area (Å²) < 4.78 is 7.73. The number of rotatable bonds is 7. The average Bonchev–Trinajstić information content (AvgIpc) is 3.12. The third kappa shape index (κ3) is 5.31. The van der Waals surface area contributed by atoms with E-state index in [-0.39, 0.29) is 5.91 Å². The van der Waals surface area contributed by atoms with Crippen LogP contribution in [0.5, 0.6) is 11.6 Å². The maximum Gasteiger partial charge on any atom is 0.224 e. The van der Waals surface area contributed by atoms with Crippen molar-refractivity contribution in [2.45, 2.75) is 26.7 Å². The molecule has 0 radical (unpaired) electrons. The summed E-state index contributed by atoms with van der Waals surface area (Å²) in [6.07, 6.45) is 4.17. The van der Waals surface area contributed by atoms with Crippen molar-refractivity contribution in [2.75, 3.05) is 5.32 Å². The topological polar surface area (TPSA) is 81.9 Å². The number of aryl methyl sites for hydroxylation is 2. The number of amides is 1. The summed E-state index contributed by atoms with van der Waals surface area (Å²) in [6, 6.07) is 16.4. The Bertz CT molecular complexity index is 1240. The third-order valence-corrected chi connectivity index (χ3v) is 5.25. The Labute approximate surface area is 191 Å². The minimum atomic E-state index is -0.0647. The number of carbonyl (C=O) groups is 1. The van der Waals surface area contributed by atoms with Crippen LogP contribution in [0.1, 0.15) is 23.4 Å². The summed E-state index contributed by atoms with van der Waals surface area (Å²) in [5.41, 5.74) is 3.67. The number of halogens is 1. The number of carbonyl (C=O) groups excluding carboxylic acids is 1. The molecule has 0 bridgehead atoms. The van der Waals surface area contributed by atoms with Crippen LogP contribution >= 0.6 is 11.6 Å². The smallest absolute Gasteiger partial charge is 0.224 e. The van der Waals surface area contributed by atoms with Gasteiger partial charge in [-0.2, -0.15) is 0 Å². The number of ether oxygens (including phenoxy) is 1. The highest BCUT2D eigenvalue weighted by atomic mass is 35.5. The molecule has 1 N–H and O–H groups in total. The molecule has 1 amide bonds. The van der Waals surface area contributed by atoms with Crippen LogP contribution in [0.15, 0.2) is 67.3 Å². The fourth-order valence-electron chi connectivity index (χ4n) is 3.15. The van der Waals surface area contributed by atoms with E-state index in [9.17, 15) is 4.79 Å². The Morgan fingerprint density at radius 2 is 1.88 bits per heavy atom. The number of hydrogen-bond acceptors (Lipinski definition) is 5. The highest BCUT2D eigenvalue weighted by molar-refractivity contribution is 6.30. The molecule has 0 atom stereocenters. The monoisotopic (exact) mass is 447 g/mol. The summed E-state index contributed by atoms with van der Waals surface area (Å²) in [7, 11) is 0. The SMILES string of the molecule is Cc1ncn(-c2cc(Oc3ccc(NC(=O)CCc4cccc(Cl)c4)cc3)ncn2)c1C. The number of nitrogens with zero attached hydrogens (tertiary/aromatic N) is 4. The molecule has 2 aromatic heterocycles. The first-order valence-electron chi connectivity index (χ1n) is 10.1. The van der Waals surface area contributed by atoms with Crippen LogP contribution in [-0.2, 0) is 11.2 Å². The van der Waals surface area contributed by atoms with Crippen molar-refractivity contribution in [3.05, 3.63) is 89.2 Å². The van der Waals surface area contributed by atoms with E-state index in [1.165, 1.54) is 6.33 Å². The molecule has 0 aliphatic heterocycles. The zero-order chi connectivity index (χ0) is 22.5. The first kappa shape index (κ1) is 21.5. The molecule has 0 saturated heterocycles. The quantitative estimate of drug-likeness (QED) is 0.416. The lowest BCUT2D eigenvalue weighted by atomic mass is 10.1. The number of anilines is 1. The fraction of sp³-hybridized carbons (Fsp3) is 0.167. The standard InChI is InChI=1S/C24H22ClN5O2/c1-16-17(2)30(15-28-16)22-13-24(27-14-26-22)32-21-9-7-20(8-10-21)29-23(31)11-6-18-4-3-5-19(25)12-18/h3-5,7-10,12-15H,6,11H2,1-2H3,(H,29,31). The van der Waals surface area contributed by atoms with Crippen LogP contribution in [0.4, 0.5) is 5.69 Å². The Morgan fingerprint density at radius 3 is 2.59 bits per heavy atom. The lowest BCUT2D eigenvalue weighted by molar-refractivity contribution is -0.116. The van der Waals surface area contributed by atoms with E-state index in [0.717, 1.165) is 17.0 Å². The first-order chi connectivity index (χ1) is 15.5. The zero-order valence-electron chi connectivity index (χ0n) is 17.7. The molecule has 0 unspecified atom stereocenters. The summed E-state index contributed by atoms with van der Waals surface area (Å²) >= 11 is 5.99. The third-order valence-electron chi connectivity index (χ3n) is 5.02. The average molecular weight is 448 g/mol. The van der Waals surface area contributed by atoms with Crippen molar-refractivity contribution < 1.29 is 9.53 Å². The van der Waals surface area contributed by atoms with Crippen molar-refractivity contribution in [3.63, 3.8) is 0 Å². The summed E-state index contributed by atoms with van der Waals surface area (Å²) in [5.74, 6) is 1.63. The van der Waals surface area contributed by atoms with Crippen molar-refractivity contribution in [1.82, 2.24) is 19.5 Å². The Balaban J connectivity index is 1.35. The maximum atomic E-state index is 12.2. The molecule has 0 aliphatic rings. The second-order valence-electron chi connectivity index (χ2n) is 7.30. The van der Waals surface area contributed by atoms with Crippen LogP contribution in [0, 0.1) is 13.8 Å². The number of aromatic nitrogens is 4. The number of benzene rings is 2. The van der Waals surface area contributed by atoms with E-state index in [1.807, 2.05) is 42.7 Å². The molecule has 2 aromatic carbocycles. The van der Waals surface area contributed by atoms with Gasteiger partial charge in [-0.05, 0) is 62.2 Å². The van der Waals surface area contributed by atoms with Crippen molar-refractivity contribution >= 4 is 23.2 Å². The second-order valence-corrected chi connectivity index (χ2v) is 7.74. The lowest BCUT2D eigenvalue weighted by Crippen LogP contribution is -2.12. The van der Waals surface area contributed by atoms with Crippen molar-refractivity contribution in [1.29, 1.82) is 0 Å². The van der Waals surface area contributed by atoms with Crippen molar-refractivity contribution in [2.24, 2.45) is 0 Å². The van der Waals surface area contributed by atoms with E-state index < -0.39 is 0 Å². The van der Waals surface area contributed by atoms with Crippen LogP contribution in [0.3, 0.4) is 0 Å². The van der Waals surface area contributed by atoms with Gasteiger partial charge < -0.3 is 10.1 Å². The van der Waals surface area contributed by atoms with Gasteiger partial charge in [0.15, 0.2) is 0 Å². The van der Waals surface area contributed by atoms with E-state index in [1.54, 1.807) is 36.7 Å². The molecule has 4 aromatic rings. The predicted octanol–water partition coefficient (Wildman–Crippen LogP) is 5.30. The summed E-state index contributed by atoms with van der Waals surface area (Å²) in [5, 5.41) is 3.56. The first-order valence-corrected chi connectivity index (χ1v) is 10.5. The van der Waals surface area contributed by atoms with Crippen molar-refractivity contribution in [3.8, 4) is 17.4 Å². The van der Waals surface area contributed by atoms with Gasteiger partial charge in [-0.15, -0.1) is 0 Å². The van der Waals surface area contributed by atoms with Gasteiger partial charge in [0.2, 0.25) is 11.8 Å². The molecule has 8 heteroatoms. The number of imidazole rings is 1. The highest BCUT2D eigenvalue weighted by Crippen LogP contribution is 2.23. The van der Waals surface area contributed by atoms with E-state index in [0.29, 0.717) is 41.0 Å². The fourth-order valence-corrected chi connectivity index (χ4v) is 3.36. The van der Waals surface area contributed by atoms with E-state index in [2.05, 4.69) is 20.3 Å². The lowest BCUT2D eigenvalue weighted by Gasteiger charge is -2.09. The minimum absolute atomic E-state index is 0.0647. The second kappa shape index (κ2) is 9.62. The normalized spacial score (nSPS) is 10.7. The molecule has 162 valence electrons.